The van der Waals surface area contributed by atoms with Crippen molar-refractivity contribution in [3.05, 3.63) is 112 Å². The molecule has 3 aromatic rings. The summed E-state index contributed by atoms with van der Waals surface area (Å²) < 4.78 is 0. The van der Waals surface area contributed by atoms with Gasteiger partial charge in [0.25, 0.3) is 0 Å². The summed E-state index contributed by atoms with van der Waals surface area (Å²) in [5.74, 6) is 0. The summed E-state index contributed by atoms with van der Waals surface area (Å²) in [6, 6.07) is 24.3. The number of hydrogen-bond acceptors (Lipinski definition) is 1. The SMILES string of the molecule is Cc1ccc(C2=CCC(C)(C)c3ccc(C(=Cc4ccc(CO)cc4)[Si](C)(C)C)cc32)cc1. The molecule has 0 aromatic heterocycles. The summed E-state index contributed by atoms with van der Waals surface area (Å²) in [7, 11) is -1.63. The second kappa shape index (κ2) is 8.93. The molecule has 0 radical (unpaired) electrons. The fourth-order valence-electron chi connectivity index (χ4n) is 4.73. The van der Waals surface area contributed by atoms with Crippen molar-refractivity contribution < 1.29 is 5.11 Å². The Morgan fingerprint density at radius 3 is 2.21 bits per heavy atom. The average Bonchev–Trinajstić information content (AvgIpc) is 2.78. The fraction of sp³-hybridized carbons (Fsp3) is 0.290. The molecule has 0 saturated carbocycles. The molecule has 1 N–H and O–H groups in total. The fourth-order valence-corrected chi connectivity index (χ4v) is 6.35. The van der Waals surface area contributed by atoms with E-state index < -0.39 is 8.07 Å². The Balaban J connectivity index is 1.85. The summed E-state index contributed by atoms with van der Waals surface area (Å²) >= 11 is 0. The van der Waals surface area contributed by atoms with E-state index >= 15 is 0 Å². The first-order chi connectivity index (χ1) is 15.6. The van der Waals surface area contributed by atoms with E-state index in [1.165, 1.54) is 44.2 Å². The van der Waals surface area contributed by atoms with Gasteiger partial charge in [0, 0.05) is 0 Å². The highest BCUT2D eigenvalue weighted by atomic mass is 28.3. The first kappa shape index (κ1) is 23.5. The lowest BCUT2D eigenvalue weighted by molar-refractivity contribution is 0.282. The number of rotatable bonds is 5. The molecule has 0 saturated heterocycles. The minimum Gasteiger partial charge on any atom is -0.392 e. The van der Waals surface area contributed by atoms with Gasteiger partial charge in [-0.05, 0) is 63.8 Å². The maximum Gasteiger partial charge on any atom is 0.0784 e. The van der Waals surface area contributed by atoms with Crippen molar-refractivity contribution in [3.63, 3.8) is 0 Å². The van der Waals surface area contributed by atoms with Crippen molar-refractivity contribution in [2.24, 2.45) is 0 Å². The highest BCUT2D eigenvalue weighted by molar-refractivity contribution is 6.94. The van der Waals surface area contributed by atoms with E-state index in [2.05, 4.69) is 107 Å². The molecule has 1 aliphatic rings. The van der Waals surface area contributed by atoms with E-state index in [9.17, 15) is 5.11 Å². The smallest absolute Gasteiger partial charge is 0.0784 e. The second-order valence-electron chi connectivity index (χ2n) is 11.0. The van der Waals surface area contributed by atoms with Gasteiger partial charge in [0.05, 0.1) is 14.7 Å². The minimum atomic E-state index is -1.63. The molecule has 33 heavy (non-hydrogen) atoms. The zero-order valence-corrected chi connectivity index (χ0v) is 21.9. The van der Waals surface area contributed by atoms with Gasteiger partial charge < -0.3 is 5.11 Å². The molecule has 0 fully saturated rings. The van der Waals surface area contributed by atoms with Crippen molar-refractivity contribution in [1.82, 2.24) is 0 Å². The van der Waals surface area contributed by atoms with Gasteiger partial charge in [-0.25, -0.2) is 0 Å². The number of aliphatic hydroxyl groups excluding tert-OH is 1. The summed E-state index contributed by atoms with van der Waals surface area (Å²) in [5, 5.41) is 10.8. The predicted molar refractivity (Wildman–Crippen MR) is 146 cm³/mol. The minimum absolute atomic E-state index is 0.0829. The maximum absolute atomic E-state index is 9.39. The summed E-state index contributed by atoms with van der Waals surface area (Å²) in [4.78, 5) is 0. The van der Waals surface area contributed by atoms with Crippen LogP contribution in [0, 0.1) is 6.92 Å². The highest BCUT2D eigenvalue weighted by Crippen LogP contribution is 2.43. The van der Waals surface area contributed by atoms with E-state index in [0.29, 0.717) is 0 Å². The maximum atomic E-state index is 9.39. The van der Waals surface area contributed by atoms with Gasteiger partial charge in [-0.3, -0.25) is 0 Å². The molecule has 0 spiro atoms. The lowest BCUT2D eigenvalue weighted by atomic mass is 9.72. The Morgan fingerprint density at radius 1 is 0.939 bits per heavy atom. The van der Waals surface area contributed by atoms with Crippen molar-refractivity contribution in [2.45, 2.75) is 58.9 Å². The number of allylic oxidation sites excluding steroid dienone is 1. The van der Waals surface area contributed by atoms with Gasteiger partial charge in [-0.15, -0.1) is 0 Å². The lowest BCUT2D eigenvalue weighted by Gasteiger charge is -2.33. The molecule has 170 valence electrons. The first-order valence-corrected chi connectivity index (χ1v) is 15.4. The standard InChI is InChI=1S/C31H36OSi/c1-22-7-13-25(14-8-22)27-17-18-31(2,3)29-16-15-26(20-28(27)29)30(33(4,5)6)19-23-9-11-24(21-32)12-10-23/h7-17,19-20,32H,18,21H2,1-6H3. The molecule has 0 unspecified atom stereocenters. The van der Waals surface area contributed by atoms with Crippen LogP contribution in [0.15, 0.2) is 72.8 Å². The van der Waals surface area contributed by atoms with Crippen LogP contribution in [0.2, 0.25) is 19.6 Å². The number of fused-ring (bicyclic) bond motifs is 1. The third kappa shape index (κ3) is 4.97. The summed E-state index contributed by atoms with van der Waals surface area (Å²) in [5.41, 5.74) is 10.4. The molecular formula is C31H36OSi. The number of benzene rings is 3. The zero-order chi connectivity index (χ0) is 23.8. The number of aliphatic hydroxyl groups is 1. The molecule has 1 aliphatic carbocycles. The van der Waals surface area contributed by atoms with E-state index in [1.807, 2.05) is 12.1 Å². The molecule has 0 heterocycles. The average molecular weight is 453 g/mol. The van der Waals surface area contributed by atoms with Gasteiger partial charge in [0.1, 0.15) is 0 Å². The second-order valence-corrected chi connectivity index (χ2v) is 16.1. The van der Waals surface area contributed by atoms with Crippen LogP contribution in [0.1, 0.15) is 59.2 Å². The highest BCUT2D eigenvalue weighted by Gasteiger charge is 2.30. The molecule has 3 aromatic carbocycles. The predicted octanol–water partition coefficient (Wildman–Crippen LogP) is 8.02. The van der Waals surface area contributed by atoms with Crippen LogP contribution in [0.5, 0.6) is 0 Å². The van der Waals surface area contributed by atoms with Crippen LogP contribution in [-0.4, -0.2) is 13.2 Å². The van der Waals surface area contributed by atoms with Crippen LogP contribution in [-0.2, 0) is 12.0 Å². The van der Waals surface area contributed by atoms with Gasteiger partial charge in [-0.1, -0.05) is 117 Å². The van der Waals surface area contributed by atoms with E-state index in [-0.39, 0.29) is 12.0 Å². The Bertz CT molecular complexity index is 1200. The normalized spacial score (nSPS) is 15.7. The van der Waals surface area contributed by atoms with Crippen molar-refractivity contribution in [1.29, 1.82) is 0 Å². The Hall–Kier alpha value is -2.68. The van der Waals surface area contributed by atoms with Gasteiger partial charge in [-0.2, -0.15) is 0 Å². The van der Waals surface area contributed by atoms with Crippen molar-refractivity contribution in [3.8, 4) is 0 Å². The number of hydrogen-bond donors (Lipinski definition) is 1. The van der Waals surface area contributed by atoms with E-state index in [4.69, 9.17) is 0 Å². The monoisotopic (exact) mass is 452 g/mol. The molecule has 2 heteroatoms. The van der Waals surface area contributed by atoms with Gasteiger partial charge >= 0.3 is 0 Å². The zero-order valence-electron chi connectivity index (χ0n) is 20.9. The summed E-state index contributed by atoms with van der Waals surface area (Å²) in [6.45, 7) is 14.2. The molecule has 4 rings (SSSR count). The van der Waals surface area contributed by atoms with Crippen LogP contribution in [0.3, 0.4) is 0 Å². The van der Waals surface area contributed by atoms with Crippen LogP contribution < -0.4 is 0 Å². The van der Waals surface area contributed by atoms with Crippen molar-refractivity contribution >= 4 is 24.9 Å². The Morgan fingerprint density at radius 2 is 1.61 bits per heavy atom. The van der Waals surface area contributed by atoms with Gasteiger partial charge in [0.2, 0.25) is 0 Å². The third-order valence-electron chi connectivity index (χ3n) is 6.81. The quantitative estimate of drug-likeness (QED) is 0.307. The Kier molecular flexibility index (Phi) is 6.35. The van der Waals surface area contributed by atoms with Gasteiger partial charge in [0.15, 0.2) is 0 Å². The third-order valence-corrected chi connectivity index (χ3v) is 8.86. The van der Waals surface area contributed by atoms with E-state index in [1.54, 1.807) is 0 Å². The van der Waals surface area contributed by atoms with Crippen LogP contribution >= 0.6 is 0 Å². The molecule has 0 atom stereocenters. The van der Waals surface area contributed by atoms with Crippen molar-refractivity contribution in [2.75, 3.05) is 0 Å². The molecule has 0 aliphatic heterocycles. The van der Waals surface area contributed by atoms with E-state index in [0.717, 1.165) is 12.0 Å². The lowest BCUT2D eigenvalue weighted by Crippen LogP contribution is -2.25. The summed E-state index contributed by atoms with van der Waals surface area (Å²) in [6.07, 6.45) is 5.84. The largest absolute Gasteiger partial charge is 0.392 e. The first-order valence-electron chi connectivity index (χ1n) is 11.9. The number of aryl methyl sites for hydroxylation is 1. The van der Waals surface area contributed by atoms with Crippen LogP contribution in [0.25, 0.3) is 16.8 Å². The molecule has 0 amide bonds. The molecule has 0 bridgehead atoms. The molecule has 1 nitrogen and oxygen atoms in total. The topological polar surface area (TPSA) is 20.2 Å². The Labute approximate surface area is 200 Å². The molecular weight excluding hydrogens is 416 g/mol. The van der Waals surface area contributed by atoms with Crippen LogP contribution in [0.4, 0.5) is 0 Å².